The summed E-state index contributed by atoms with van der Waals surface area (Å²) in [6.45, 7) is 12.3. The molecule has 1 N–H and O–H groups in total. The summed E-state index contributed by atoms with van der Waals surface area (Å²) in [6.07, 6.45) is 4.92. The van der Waals surface area contributed by atoms with Gasteiger partial charge in [0.2, 0.25) is 0 Å². The van der Waals surface area contributed by atoms with Crippen molar-refractivity contribution in [3.8, 4) is 11.5 Å². The van der Waals surface area contributed by atoms with Crippen LogP contribution in [0.1, 0.15) is 52.7 Å². The maximum Gasteiger partial charge on any atom is 0.133 e. The third-order valence-corrected chi connectivity index (χ3v) is 3.65. The molecule has 0 aliphatic heterocycles. The van der Waals surface area contributed by atoms with E-state index in [1.54, 1.807) is 12.3 Å². The maximum atomic E-state index is 5.96. The van der Waals surface area contributed by atoms with Crippen molar-refractivity contribution in [3.05, 3.63) is 45.8 Å². The van der Waals surface area contributed by atoms with Crippen LogP contribution in [0.25, 0.3) is 0 Å². The Morgan fingerprint density at radius 3 is 2.15 bits per heavy atom. The van der Waals surface area contributed by atoms with Gasteiger partial charge in [-0.1, -0.05) is 37.0 Å². The van der Waals surface area contributed by atoms with E-state index in [0.29, 0.717) is 6.61 Å². The van der Waals surface area contributed by atoms with Crippen LogP contribution in [0, 0.1) is 0 Å². The molecule has 0 unspecified atom stereocenters. The molecule has 0 radical (unpaired) electrons. The van der Waals surface area contributed by atoms with Gasteiger partial charge in [-0.25, -0.2) is 0 Å². The SMILES string of the molecule is CCc1cc(OCC=C(Cl)Cl)cc(CC)c1OC=C(C)NOC(C)(C)C. The van der Waals surface area contributed by atoms with Crippen LogP contribution < -0.4 is 15.0 Å². The van der Waals surface area contributed by atoms with E-state index in [2.05, 4.69) is 19.3 Å². The Morgan fingerprint density at radius 2 is 1.69 bits per heavy atom. The van der Waals surface area contributed by atoms with Crippen LogP contribution in [0.2, 0.25) is 0 Å². The lowest BCUT2D eigenvalue weighted by molar-refractivity contribution is -0.0584. The normalized spacial score (nSPS) is 11.9. The van der Waals surface area contributed by atoms with E-state index in [1.807, 2.05) is 39.8 Å². The second kappa shape index (κ2) is 10.7. The molecular formula is C20H29Cl2NO3. The molecule has 0 aliphatic carbocycles. The zero-order valence-electron chi connectivity index (χ0n) is 16.4. The standard InChI is InChI=1S/C20H29Cl2NO3/c1-7-15-11-17(24-10-9-18(21)22)12-16(8-2)19(15)25-13-14(3)23-26-20(4,5)6/h9,11-13,23H,7-8,10H2,1-6H3. The van der Waals surface area contributed by atoms with Crippen molar-refractivity contribution < 1.29 is 14.3 Å². The first-order valence-electron chi connectivity index (χ1n) is 8.73. The molecule has 0 amide bonds. The fraction of sp³-hybridized carbons (Fsp3) is 0.500. The lowest BCUT2D eigenvalue weighted by atomic mass is 10.0. The highest BCUT2D eigenvalue weighted by atomic mass is 35.5. The molecule has 0 bridgehead atoms. The van der Waals surface area contributed by atoms with E-state index in [-0.39, 0.29) is 10.1 Å². The summed E-state index contributed by atoms with van der Waals surface area (Å²) in [7, 11) is 0. The molecule has 0 saturated carbocycles. The highest BCUT2D eigenvalue weighted by Gasteiger charge is 2.12. The third-order valence-electron chi connectivity index (χ3n) is 3.34. The molecule has 0 aliphatic rings. The van der Waals surface area contributed by atoms with Gasteiger partial charge in [0.1, 0.15) is 28.9 Å². The number of hydrogen-bond acceptors (Lipinski definition) is 4. The van der Waals surface area contributed by atoms with E-state index in [9.17, 15) is 0 Å². The van der Waals surface area contributed by atoms with Crippen molar-refractivity contribution in [1.29, 1.82) is 0 Å². The van der Waals surface area contributed by atoms with Crippen LogP contribution in [-0.2, 0) is 17.7 Å². The summed E-state index contributed by atoms with van der Waals surface area (Å²) in [5, 5.41) is 0. The van der Waals surface area contributed by atoms with Crippen molar-refractivity contribution in [2.45, 2.75) is 60.0 Å². The second-order valence-electron chi connectivity index (χ2n) is 6.82. The van der Waals surface area contributed by atoms with E-state index in [4.69, 9.17) is 37.5 Å². The van der Waals surface area contributed by atoms with Gasteiger partial charge in [-0.05, 0) is 69.9 Å². The molecule has 1 rings (SSSR count). The molecule has 0 aromatic heterocycles. The Kier molecular flexibility index (Phi) is 9.34. The fourth-order valence-corrected chi connectivity index (χ4v) is 2.21. The summed E-state index contributed by atoms with van der Waals surface area (Å²) in [5.74, 6) is 1.62. The Balaban J connectivity index is 2.94. The van der Waals surface area contributed by atoms with Gasteiger partial charge in [-0.2, -0.15) is 0 Å². The van der Waals surface area contributed by atoms with Crippen molar-refractivity contribution in [3.63, 3.8) is 0 Å². The lowest BCUT2D eigenvalue weighted by Crippen LogP contribution is -2.28. The highest BCUT2D eigenvalue weighted by molar-refractivity contribution is 6.55. The Labute approximate surface area is 167 Å². The van der Waals surface area contributed by atoms with Crippen molar-refractivity contribution in [2.24, 2.45) is 0 Å². The number of ether oxygens (including phenoxy) is 2. The van der Waals surface area contributed by atoms with Crippen molar-refractivity contribution >= 4 is 23.2 Å². The minimum absolute atomic E-state index is 0.196. The Hall–Kier alpha value is -1.36. The zero-order valence-corrected chi connectivity index (χ0v) is 17.9. The molecule has 6 heteroatoms. The number of allylic oxidation sites excluding steroid dienone is 1. The van der Waals surface area contributed by atoms with Crippen LogP contribution >= 0.6 is 23.2 Å². The molecule has 146 valence electrons. The molecule has 4 nitrogen and oxygen atoms in total. The predicted octanol–water partition coefficient (Wildman–Crippen LogP) is 6.07. The van der Waals surface area contributed by atoms with Gasteiger partial charge in [0.25, 0.3) is 0 Å². The van der Waals surface area contributed by atoms with Gasteiger partial charge >= 0.3 is 0 Å². The van der Waals surface area contributed by atoms with E-state index in [0.717, 1.165) is 41.2 Å². The van der Waals surface area contributed by atoms with Crippen LogP contribution in [0.5, 0.6) is 11.5 Å². The molecular weight excluding hydrogens is 373 g/mol. The van der Waals surface area contributed by atoms with Crippen molar-refractivity contribution in [2.75, 3.05) is 6.61 Å². The fourth-order valence-electron chi connectivity index (χ4n) is 2.09. The lowest BCUT2D eigenvalue weighted by Gasteiger charge is -2.20. The number of rotatable bonds is 9. The quantitative estimate of drug-likeness (QED) is 0.402. The van der Waals surface area contributed by atoms with Crippen LogP contribution in [-0.4, -0.2) is 12.2 Å². The average molecular weight is 402 g/mol. The Bertz CT molecular complexity index is 620. The molecule has 26 heavy (non-hydrogen) atoms. The third kappa shape index (κ3) is 8.35. The van der Waals surface area contributed by atoms with Crippen molar-refractivity contribution in [1.82, 2.24) is 5.48 Å². The van der Waals surface area contributed by atoms with Crippen LogP contribution in [0.3, 0.4) is 0 Å². The smallest absolute Gasteiger partial charge is 0.133 e. The number of hydrogen-bond donors (Lipinski definition) is 1. The molecule has 0 fully saturated rings. The van der Waals surface area contributed by atoms with E-state index < -0.39 is 0 Å². The predicted molar refractivity (Wildman–Crippen MR) is 109 cm³/mol. The van der Waals surface area contributed by atoms with Gasteiger partial charge in [0.05, 0.1) is 11.3 Å². The largest absolute Gasteiger partial charge is 0.489 e. The summed E-state index contributed by atoms with van der Waals surface area (Å²) in [6, 6.07) is 3.96. The highest BCUT2D eigenvalue weighted by Crippen LogP contribution is 2.31. The van der Waals surface area contributed by atoms with Crippen LogP contribution in [0.15, 0.2) is 34.7 Å². The van der Waals surface area contributed by atoms with Gasteiger partial charge in [-0.3, -0.25) is 10.3 Å². The second-order valence-corrected chi connectivity index (χ2v) is 7.83. The first-order chi connectivity index (χ1) is 12.2. The van der Waals surface area contributed by atoms with E-state index >= 15 is 0 Å². The first kappa shape index (κ1) is 22.7. The average Bonchev–Trinajstić information content (AvgIpc) is 2.56. The molecule has 0 saturated heterocycles. The molecule has 0 spiro atoms. The number of hydroxylamine groups is 1. The van der Waals surface area contributed by atoms with Gasteiger partial charge < -0.3 is 9.47 Å². The molecule has 1 aromatic rings. The molecule has 0 heterocycles. The first-order valence-corrected chi connectivity index (χ1v) is 9.49. The summed E-state index contributed by atoms with van der Waals surface area (Å²) >= 11 is 11.2. The number of halogens is 2. The topological polar surface area (TPSA) is 39.7 Å². The van der Waals surface area contributed by atoms with Gasteiger partial charge in [0.15, 0.2) is 0 Å². The molecule has 0 atom stereocenters. The Morgan fingerprint density at radius 1 is 1.12 bits per heavy atom. The minimum atomic E-state index is -0.280. The monoisotopic (exact) mass is 401 g/mol. The molecule has 1 aromatic carbocycles. The van der Waals surface area contributed by atoms with E-state index in [1.165, 1.54) is 0 Å². The summed E-state index contributed by atoms with van der Waals surface area (Å²) in [4.78, 5) is 5.53. The maximum absolute atomic E-state index is 5.96. The zero-order chi connectivity index (χ0) is 19.7. The number of benzene rings is 1. The van der Waals surface area contributed by atoms with Gasteiger partial charge in [-0.15, -0.1) is 0 Å². The summed E-state index contributed by atoms with van der Waals surface area (Å²) < 4.78 is 11.9. The van der Waals surface area contributed by atoms with Crippen LogP contribution in [0.4, 0.5) is 0 Å². The number of aryl methyl sites for hydroxylation is 2. The number of nitrogens with one attached hydrogen (secondary N) is 1. The van der Waals surface area contributed by atoms with Gasteiger partial charge in [0, 0.05) is 0 Å². The summed E-state index contributed by atoms with van der Waals surface area (Å²) in [5.41, 5.74) is 5.54. The minimum Gasteiger partial charge on any atom is -0.489 e.